The first-order chi connectivity index (χ1) is 12.0. The molecule has 0 atom stereocenters. The zero-order chi connectivity index (χ0) is 18.2. The van der Waals surface area contributed by atoms with Gasteiger partial charge < -0.3 is 14.8 Å². The van der Waals surface area contributed by atoms with Crippen LogP contribution < -0.4 is 10.1 Å². The maximum atomic E-state index is 12.0. The molecule has 1 heterocycles. The first kappa shape index (κ1) is 19.0. The van der Waals surface area contributed by atoms with E-state index in [2.05, 4.69) is 5.32 Å². The quantitative estimate of drug-likeness (QED) is 0.734. The van der Waals surface area contributed by atoms with Crippen LogP contribution in [0.15, 0.2) is 30.3 Å². The molecule has 2 rings (SSSR count). The number of ether oxygens (including phenoxy) is 2. The molecule has 2 aromatic rings. The van der Waals surface area contributed by atoms with Crippen molar-refractivity contribution in [1.82, 2.24) is 5.32 Å². The van der Waals surface area contributed by atoms with Crippen LogP contribution in [0.2, 0.25) is 0 Å². The SMILES string of the molecule is CCc1cc(C(=O)OCC(=O)NCCc2ccccc2OC)sc1C. The van der Waals surface area contributed by atoms with Gasteiger partial charge >= 0.3 is 5.97 Å². The number of hydrogen-bond acceptors (Lipinski definition) is 5. The van der Waals surface area contributed by atoms with E-state index < -0.39 is 5.97 Å². The van der Waals surface area contributed by atoms with Gasteiger partial charge in [-0.15, -0.1) is 11.3 Å². The maximum absolute atomic E-state index is 12.0. The molecule has 0 aliphatic carbocycles. The van der Waals surface area contributed by atoms with Gasteiger partial charge in [-0.05, 0) is 43.0 Å². The molecule has 0 aliphatic heterocycles. The molecule has 0 aliphatic rings. The van der Waals surface area contributed by atoms with Crippen molar-refractivity contribution >= 4 is 23.2 Å². The molecule has 25 heavy (non-hydrogen) atoms. The normalized spacial score (nSPS) is 10.4. The van der Waals surface area contributed by atoms with E-state index in [4.69, 9.17) is 9.47 Å². The van der Waals surface area contributed by atoms with E-state index in [1.807, 2.05) is 44.2 Å². The summed E-state index contributed by atoms with van der Waals surface area (Å²) in [5, 5.41) is 2.75. The van der Waals surface area contributed by atoms with Crippen molar-refractivity contribution in [2.24, 2.45) is 0 Å². The van der Waals surface area contributed by atoms with Crippen molar-refractivity contribution in [3.63, 3.8) is 0 Å². The molecule has 0 saturated heterocycles. The number of carbonyl (C=O) groups excluding carboxylic acids is 2. The molecule has 0 saturated carbocycles. The molecule has 1 aromatic heterocycles. The van der Waals surface area contributed by atoms with Crippen molar-refractivity contribution in [3.05, 3.63) is 51.2 Å². The van der Waals surface area contributed by atoms with E-state index in [1.165, 1.54) is 11.3 Å². The first-order valence-corrected chi connectivity index (χ1v) is 9.01. The zero-order valence-corrected chi connectivity index (χ0v) is 15.6. The largest absolute Gasteiger partial charge is 0.496 e. The van der Waals surface area contributed by atoms with Gasteiger partial charge in [-0.3, -0.25) is 4.79 Å². The summed E-state index contributed by atoms with van der Waals surface area (Å²) in [4.78, 5) is 25.5. The smallest absolute Gasteiger partial charge is 0.348 e. The average Bonchev–Trinajstić information content (AvgIpc) is 3.01. The zero-order valence-electron chi connectivity index (χ0n) is 14.8. The Morgan fingerprint density at radius 2 is 1.96 bits per heavy atom. The van der Waals surface area contributed by atoms with Crippen LogP contribution >= 0.6 is 11.3 Å². The van der Waals surface area contributed by atoms with E-state index in [9.17, 15) is 9.59 Å². The summed E-state index contributed by atoms with van der Waals surface area (Å²) in [6.45, 7) is 4.20. The minimum absolute atomic E-state index is 0.275. The Hall–Kier alpha value is -2.34. The summed E-state index contributed by atoms with van der Waals surface area (Å²) in [5.74, 6) is 0.0305. The summed E-state index contributed by atoms with van der Waals surface area (Å²) in [7, 11) is 1.62. The Balaban J connectivity index is 1.75. The van der Waals surface area contributed by atoms with Crippen LogP contribution in [0, 0.1) is 6.92 Å². The van der Waals surface area contributed by atoms with Crippen LogP contribution in [0.3, 0.4) is 0 Å². The summed E-state index contributed by atoms with van der Waals surface area (Å²) >= 11 is 1.40. The van der Waals surface area contributed by atoms with Crippen LogP contribution in [0.5, 0.6) is 5.75 Å². The number of para-hydroxylation sites is 1. The number of carbonyl (C=O) groups is 2. The molecule has 1 aromatic carbocycles. The van der Waals surface area contributed by atoms with Gasteiger partial charge in [0.1, 0.15) is 10.6 Å². The fourth-order valence-electron chi connectivity index (χ4n) is 2.47. The van der Waals surface area contributed by atoms with Crippen LogP contribution in [0.25, 0.3) is 0 Å². The molecule has 0 unspecified atom stereocenters. The van der Waals surface area contributed by atoms with E-state index in [1.54, 1.807) is 7.11 Å². The fraction of sp³-hybridized carbons (Fsp3) is 0.368. The molecule has 1 N–H and O–H groups in total. The summed E-state index contributed by atoms with van der Waals surface area (Å²) in [6.07, 6.45) is 1.52. The summed E-state index contributed by atoms with van der Waals surface area (Å²) in [6, 6.07) is 9.50. The van der Waals surface area contributed by atoms with Crippen molar-refractivity contribution in [2.45, 2.75) is 26.7 Å². The monoisotopic (exact) mass is 361 g/mol. The van der Waals surface area contributed by atoms with E-state index in [0.29, 0.717) is 17.8 Å². The number of rotatable bonds is 8. The van der Waals surface area contributed by atoms with E-state index in [0.717, 1.165) is 28.2 Å². The number of hydrogen-bond donors (Lipinski definition) is 1. The van der Waals surface area contributed by atoms with Gasteiger partial charge in [0.25, 0.3) is 5.91 Å². The Kier molecular flexibility index (Phi) is 7.01. The number of amides is 1. The molecule has 134 valence electrons. The highest BCUT2D eigenvalue weighted by Crippen LogP contribution is 2.22. The van der Waals surface area contributed by atoms with Crippen LogP contribution in [0.4, 0.5) is 0 Å². The molecule has 0 bridgehead atoms. The third-order valence-electron chi connectivity index (χ3n) is 3.85. The number of nitrogens with one attached hydrogen (secondary N) is 1. The van der Waals surface area contributed by atoms with Crippen molar-refractivity contribution in [2.75, 3.05) is 20.3 Å². The Bertz CT molecular complexity index is 739. The van der Waals surface area contributed by atoms with Crippen LogP contribution in [-0.4, -0.2) is 32.1 Å². The highest BCUT2D eigenvalue weighted by molar-refractivity contribution is 7.14. The Morgan fingerprint density at radius 3 is 2.64 bits per heavy atom. The number of thiophene rings is 1. The highest BCUT2D eigenvalue weighted by Gasteiger charge is 2.14. The standard InChI is InChI=1S/C19H23NO4S/c1-4-14-11-17(25-13(14)2)19(22)24-12-18(21)20-10-9-15-7-5-6-8-16(15)23-3/h5-8,11H,4,9-10,12H2,1-3H3,(H,20,21). The van der Waals surface area contributed by atoms with E-state index >= 15 is 0 Å². The van der Waals surface area contributed by atoms with Crippen molar-refractivity contribution < 1.29 is 19.1 Å². The molecule has 1 amide bonds. The number of aryl methyl sites for hydroxylation is 2. The molecular weight excluding hydrogens is 338 g/mol. The van der Waals surface area contributed by atoms with Crippen LogP contribution in [0.1, 0.15) is 32.6 Å². The average molecular weight is 361 g/mol. The van der Waals surface area contributed by atoms with Gasteiger partial charge in [0.05, 0.1) is 7.11 Å². The lowest BCUT2D eigenvalue weighted by atomic mass is 10.1. The highest BCUT2D eigenvalue weighted by atomic mass is 32.1. The molecule has 0 radical (unpaired) electrons. The maximum Gasteiger partial charge on any atom is 0.348 e. The van der Waals surface area contributed by atoms with Gasteiger partial charge in [0, 0.05) is 11.4 Å². The van der Waals surface area contributed by atoms with Crippen LogP contribution in [-0.2, 0) is 22.4 Å². The Labute approximate surface area is 152 Å². The second-order valence-corrected chi connectivity index (χ2v) is 6.79. The van der Waals surface area contributed by atoms with E-state index in [-0.39, 0.29) is 12.5 Å². The second-order valence-electron chi connectivity index (χ2n) is 5.53. The predicted octanol–water partition coefficient (Wildman–Crippen LogP) is 3.14. The number of methoxy groups -OCH3 is 1. The number of esters is 1. The minimum Gasteiger partial charge on any atom is -0.496 e. The summed E-state index contributed by atoms with van der Waals surface area (Å²) < 4.78 is 10.4. The topological polar surface area (TPSA) is 64.6 Å². The lowest BCUT2D eigenvalue weighted by molar-refractivity contribution is -0.124. The van der Waals surface area contributed by atoms with Gasteiger partial charge in [0.2, 0.25) is 0 Å². The Morgan fingerprint density at radius 1 is 1.20 bits per heavy atom. The lowest BCUT2D eigenvalue weighted by Crippen LogP contribution is -2.30. The molecule has 0 fully saturated rings. The van der Waals surface area contributed by atoms with Gasteiger partial charge in [0.15, 0.2) is 6.61 Å². The third-order valence-corrected chi connectivity index (χ3v) is 4.92. The van der Waals surface area contributed by atoms with Gasteiger partial charge in [-0.2, -0.15) is 0 Å². The van der Waals surface area contributed by atoms with Crippen molar-refractivity contribution in [1.29, 1.82) is 0 Å². The fourth-order valence-corrected chi connectivity index (χ4v) is 3.48. The van der Waals surface area contributed by atoms with Crippen molar-refractivity contribution in [3.8, 4) is 5.75 Å². The summed E-state index contributed by atoms with van der Waals surface area (Å²) in [5.41, 5.74) is 2.15. The predicted molar refractivity (Wildman–Crippen MR) is 98.4 cm³/mol. The minimum atomic E-state index is -0.451. The first-order valence-electron chi connectivity index (χ1n) is 8.20. The lowest BCUT2D eigenvalue weighted by Gasteiger charge is -2.09. The molecular formula is C19H23NO4S. The van der Waals surface area contributed by atoms with Gasteiger partial charge in [-0.1, -0.05) is 25.1 Å². The second kappa shape index (κ2) is 9.22. The number of benzene rings is 1. The molecule has 6 heteroatoms. The molecule has 0 spiro atoms. The molecule has 5 nitrogen and oxygen atoms in total. The van der Waals surface area contributed by atoms with Gasteiger partial charge in [-0.25, -0.2) is 4.79 Å². The third kappa shape index (κ3) is 5.32.